The Kier molecular flexibility index (Phi) is 5.60. The third kappa shape index (κ3) is 3.93. The van der Waals surface area contributed by atoms with Gasteiger partial charge < -0.3 is 9.64 Å². The summed E-state index contributed by atoms with van der Waals surface area (Å²) >= 11 is 3.38. The Morgan fingerprint density at radius 3 is 2.86 bits per heavy atom. The summed E-state index contributed by atoms with van der Waals surface area (Å²) in [4.78, 5) is 14.5. The highest BCUT2D eigenvalue weighted by molar-refractivity contribution is 9.10. The van der Waals surface area contributed by atoms with Crippen molar-refractivity contribution in [3.8, 4) is 0 Å². The van der Waals surface area contributed by atoms with E-state index in [1.54, 1.807) is 0 Å². The van der Waals surface area contributed by atoms with Crippen LogP contribution < -0.4 is 5.32 Å². The third-order valence-electron chi connectivity index (χ3n) is 4.08. The number of ether oxygens (including phenoxy) is 1. The molecule has 22 heavy (non-hydrogen) atoms. The third-order valence-corrected chi connectivity index (χ3v) is 7.54. The second kappa shape index (κ2) is 7.47. The Hall–Kier alpha value is -0.370. The maximum absolute atomic E-state index is 12.1. The van der Waals surface area contributed by atoms with Crippen molar-refractivity contribution in [3.05, 3.63) is 28.7 Å². The molecule has 1 amide bonds. The van der Waals surface area contributed by atoms with Crippen molar-refractivity contribution in [2.75, 3.05) is 24.7 Å². The van der Waals surface area contributed by atoms with Crippen molar-refractivity contribution in [3.63, 3.8) is 0 Å². The fourth-order valence-electron chi connectivity index (χ4n) is 2.92. The SMILES string of the molecule is CN1CCCC1C1SSCC1OC(=O)Nc1ccc(Br)cc1. The van der Waals surface area contributed by atoms with Gasteiger partial charge in [0.15, 0.2) is 0 Å². The van der Waals surface area contributed by atoms with Gasteiger partial charge in [0, 0.05) is 22.0 Å². The number of likely N-dealkylation sites (tertiary alicyclic amines) is 1. The van der Waals surface area contributed by atoms with Crippen LogP contribution in [0.25, 0.3) is 0 Å². The minimum atomic E-state index is -0.360. The van der Waals surface area contributed by atoms with Gasteiger partial charge in [0.25, 0.3) is 0 Å². The first-order valence-corrected chi connectivity index (χ1v) is 10.5. The van der Waals surface area contributed by atoms with Crippen molar-refractivity contribution in [2.45, 2.75) is 30.2 Å². The first-order valence-electron chi connectivity index (χ1n) is 7.35. The normalized spacial score (nSPS) is 28.7. The van der Waals surface area contributed by atoms with Crippen LogP contribution in [0.4, 0.5) is 10.5 Å². The molecule has 0 aromatic heterocycles. The number of anilines is 1. The average Bonchev–Trinajstić information content (AvgIpc) is 3.10. The lowest BCUT2D eigenvalue weighted by Crippen LogP contribution is -2.42. The second-order valence-corrected chi connectivity index (χ2v) is 9.12. The molecule has 3 rings (SSSR count). The van der Waals surface area contributed by atoms with E-state index in [2.05, 4.69) is 33.2 Å². The van der Waals surface area contributed by atoms with Gasteiger partial charge in [0.05, 0.1) is 5.25 Å². The number of rotatable bonds is 3. The summed E-state index contributed by atoms with van der Waals surface area (Å²) in [5, 5.41) is 3.17. The molecular weight excluding hydrogens is 384 g/mol. The van der Waals surface area contributed by atoms with Gasteiger partial charge >= 0.3 is 6.09 Å². The number of nitrogens with one attached hydrogen (secondary N) is 1. The van der Waals surface area contributed by atoms with Crippen molar-refractivity contribution < 1.29 is 9.53 Å². The van der Waals surface area contributed by atoms with Crippen molar-refractivity contribution in [2.24, 2.45) is 0 Å². The number of carbonyl (C=O) groups is 1. The minimum absolute atomic E-state index is 0.0176. The van der Waals surface area contributed by atoms with Gasteiger partial charge in [-0.15, -0.1) is 0 Å². The summed E-state index contributed by atoms with van der Waals surface area (Å²) in [6.45, 7) is 1.14. The summed E-state index contributed by atoms with van der Waals surface area (Å²) in [5.41, 5.74) is 0.751. The zero-order valence-corrected chi connectivity index (χ0v) is 15.5. The van der Waals surface area contributed by atoms with Gasteiger partial charge in [0.1, 0.15) is 6.10 Å². The van der Waals surface area contributed by atoms with Gasteiger partial charge in [0.2, 0.25) is 0 Å². The standard InChI is InChI=1S/C15H19BrN2O2S2/c1-18-8-2-3-12(18)14-13(9-21-22-14)20-15(19)17-11-6-4-10(16)5-7-11/h4-7,12-14H,2-3,8-9H2,1H3,(H,17,19). The maximum atomic E-state index is 12.1. The van der Waals surface area contributed by atoms with Crippen LogP contribution in [0.1, 0.15) is 12.8 Å². The lowest BCUT2D eigenvalue weighted by Gasteiger charge is -2.28. The molecule has 2 heterocycles. The monoisotopic (exact) mass is 402 g/mol. The molecule has 1 N–H and O–H groups in total. The van der Waals surface area contributed by atoms with E-state index in [1.165, 1.54) is 12.8 Å². The predicted octanol–water partition coefficient (Wildman–Crippen LogP) is 4.22. The van der Waals surface area contributed by atoms with E-state index in [0.29, 0.717) is 11.3 Å². The first kappa shape index (κ1) is 16.5. The largest absolute Gasteiger partial charge is 0.444 e. The highest BCUT2D eigenvalue weighted by Gasteiger charge is 2.41. The van der Waals surface area contributed by atoms with Crippen molar-refractivity contribution in [1.82, 2.24) is 4.90 Å². The predicted molar refractivity (Wildman–Crippen MR) is 97.5 cm³/mol. The zero-order valence-electron chi connectivity index (χ0n) is 12.3. The molecule has 3 atom stereocenters. The topological polar surface area (TPSA) is 41.6 Å². The number of halogens is 1. The van der Waals surface area contributed by atoms with E-state index in [1.807, 2.05) is 45.9 Å². The summed E-state index contributed by atoms with van der Waals surface area (Å²) in [7, 11) is 5.84. The fourth-order valence-corrected chi connectivity index (χ4v) is 6.57. The summed E-state index contributed by atoms with van der Waals surface area (Å²) in [5.74, 6) is 0.868. The molecule has 3 unspecified atom stereocenters. The molecule has 1 aromatic carbocycles. The maximum Gasteiger partial charge on any atom is 0.411 e. The fraction of sp³-hybridized carbons (Fsp3) is 0.533. The van der Waals surface area contributed by atoms with E-state index >= 15 is 0 Å². The highest BCUT2D eigenvalue weighted by Crippen LogP contribution is 2.44. The van der Waals surface area contributed by atoms with E-state index in [-0.39, 0.29) is 12.2 Å². The summed E-state index contributed by atoms with van der Waals surface area (Å²) in [6.07, 6.45) is 2.06. The van der Waals surface area contributed by atoms with Crippen LogP contribution in [0.2, 0.25) is 0 Å². The van der Waals surface area contributed by atoms with Gasteiger partial charge in [-0.3, -0.25) is 5.32 Å². The quantitative estimate of drug-likeness (QED) is 0.766. The minimum Gasteiger partial charge on any atom is -0.444 e. The number of hydrogen-bond donors (Lipinski definition) is 1. The molecule has 2 fully saturated rings. The zero-order chi connectivity index (χ0) is 15.5. The molecule has 0 aliphatic carbocycles. The van der Waals surface area contributed by atoms with Gasteiger partial charge in [-0.25, -0.2) is 4.79 Å². The summed E-state index contributed by atoms with van der Waals surface area (Å²) in [6, 6.07) is 8.02. The van der Waals surface area contributed by atoms with Crippen LogP contribution >= 0.6 is 37.5 Å². The smallest absolute Gasteiger partial charge is 0.411 e. The molecule has 2 aliphatic rings. The summed E-state index contributed by atoms with van der Waals surface area (Å²) < 4.78 is 6.67. The molecule has 2 aliphatic heterocycles. The lowest BCUT2D eigenvalue weighted by atomic mass is 10.1. The van der Waals surface area contributed by atoms with Crippen LogP contribution in [0.15, 0.2) is 28.7 Å². The van der Waals surface area contributed by atoms with Crippen LogP contribution in [-0.2, 0) is 4.74 Å². The number of hydrogen-bond acceptors (Lipinski definition) is 5. The Bertz CT molecular complexity index is 529. The van der Waals surface area contributed by atoms with Crippen LogP contribution in [-0.4, -0.2) is 47.7 Å². The molecule has 2 saturated heterocycles. The van der Waals surface area contributed by atoms with Crippen LogP contribution in [0.5, 0.6) is 0 Å². The Morgan fingerprint density at radius 2 is 2.18 bits per heavy atom. The molecular formula is C15H19BrN2O2S2. The molecule has 4 nitrogen and oxygen atoms in total. The number of benzene rings is 1. The Morgan fingerprint density at radius 1 is 1.41 bits per heavy atom. The molecule has 0 spiro atoms. The molecule has 7 heteroatoms. The van der Waals surface area contributed by atoms with E-state index in [4.69, 9.17) is 4.74 Å². The van der Waals surface area contributed by atoms with Crippen LogP contribution in [0, 0.1) is 0 Å². The van der Waals surface area contributed by atoms with Gasteiger partial charge in [-0.05, 0) is 50.7 Å². The highest BCUT2D eigenvalue weighted by atomic mass is 79.9. The van der Waals surface area contributed by atoms with Crippen molar-refractivity contribution in [1.29, 1.82) is 0 Å². The van der Waals surface area contributed by atoms with Gasteiger partial charge in [-0.1, -0.05) is 37.5 Å². The second-order valence-electron chi connectivity index (χ2n) is 5.61. The Balaban J connectivity index is 1.57. The van der Waals surface area contributed by atoms with Crippen molar-refractivity contribution >= 4 is 49.3 Å². The lowest BCUT2D eigenvalue weighted by molar-refractivity contribution is 0.108. The van der Waals surface area contributed by atoms with E-state index in [9.17, 15) is 4.79 Å². The first-order chi connectivity index (χ1) is 10.6. The number of carbonyl (C=O) groups excluding carboxylic acids is 1. The molecule has 120 valence electrons. The van der Waals surface area contributed by atoms with Crippen LogP contribution in [0.3, 0.4) is 0 Å². The number of nitrogens with zero attached hydrogens (tertiary/aromatic N) is 1. The van der Waals surface area contributed by atoms with E-state index in [0.717, 1.165) is 22.5 Å². The number of amides is 1. The van der Waals surface area contributed by atoms with Gasteiger partial charge in [-0.2, -0.15) is 0 Å². The molecule has 0 radical (unpaired) electrons. The average molecular weight is 403 g/mol. The molecule has 1 aromatic rings. The van der Waals surface area contributed by atoms with E-state index < -0.39 is 0 Å². The molecule has 0 saturated carbocycles. The Labute approximate surface area is 147 Å². The molecule has 0 bridgehead atoms.